The molecule has 1 amide bonds. The minimum Gasteiger partial charge on any atom is -0.507 e. The van der Waals surface area contributed by atoms with Crippen molar-refractivity contribution in [3.05, 3.63) is 54.2 Å². The van der Waals surface area contributed by atoms with Crippen LogP contribution in [0, 0.1) is 11.3 Å². The van der Waals surface area contributed by atoms with Crippen molar-refractivity contribution in [1.29, 1.82) is 0 Å². The number of hydrogen-bond acceptors (Lipinski definition) is 8. The second-order valence-corrected chi connectivity index (χ2v) is 13.4. The number of aromatic nitrogens is 3. The zero-order chi connectivity index (χ0) is 29.8. The standard InChI is InChI=1S/C28H33F2N5O5S/c1-18-15-26(2,3)34(16-18)24-19(25(37)33-41(38,39)21-8-6-5-7-20(21)36)9-10-22(31-24)35-14-11-23(32-35)40-17-28(12-13-28)27(4,29)30/h5-11,14,18,36H,12-13,15-17H2,1-4H3,(H,33,37)/t18-/m0/s1. The van der Waals surface area contributed by atoms with Crippen LogP contribution in [0.4, 0.5) is 14.6 Å². The summed E-state index contributed by atoms with van der Waals surface area (Å²) < 4.78 is 62.8. The van der Waals surface area contributed by atoms with Crippen molar-refractivity contribution >= 4 is 21.7 Å². The number of sulfonamides is 1. The van der Waals surface area contributed by atoms with E-state index in [0.29, 0.717) is 25.2 Å². The molecule has 3 aromatic rings. The Kier molecular flexibility index (Phi) is 6.99. The van der Waals surface area contributed by atoms with Gasteiger partial charge < -0.3 is 14.7 Å². The average molecular weight is 590 g/mol. The molecule has 41 heavy (non-hydrogen) atoms. The molecule has 2 aliphatic rings. The number of phenolic OH excluding ortho intramolecular Hbond substituents is 1. The van der Waals surface area contributed by atoms with Gasteiger partial charge in [0.05, 0.1) is 11.0 Å². The van der Waals surface area contributed by atoms with Crippen LogP contribution in [0.1, 0.15) is 57.3 Å². The van der Waals surface area contributed by atoms with Gasteiger partial charge >= 0.3 is 0 Å². The van der Waals surface area contributed by atoms with Gasteiger partial charge in [0.15, 0.2) is 5.82 Å². The number of nitrogens with one attached hydrogen (secondary N) is 1. The maximum absolute atomic E-state index is 13.9. The lowest BCUT2D eigenvalue weighted by Gasteiger charge is -2.34. The van der Waals surface area contributed by atoms with Gasteiger partial charge in [0.25, 0.3) is 21.9 Å². The fourth-order valence-electron chi connectivity index (χ4n) is 5.41. The predicted molar refractivity (Wildman–Crippen MR) is 147 cm³/mol. The summed E-state index contributed by atoms with van der Waals surface area (Å²) in [6.07, 6.45) is 3.16. The molecule has 0 spiro atoms. The molecule has 1 aliphatic heterocycles. The molecule has 3 heterocycles. The molecule has 2 N–H and O–H groups in total. The number of aromatic hydroxyl groups is 1. The monoisotopic (exact) mass is 589 g/mol. The number of hydrogen-bond donors (Lipinski definition) is 2. The number of halogens is 2. The third-order valence-corrected chi connectivity index (χ3v) is 9.27. The lowest BCUT2D eigenvalue weighted by atomic mass is 9.97. The molecule has 1 saturated carbocycles. The van der Waals surface area contributed by atoms with Crippen LogP contribution in [0.2, 0.25) is 0 Å². The molecule has 1 aliphatic carbocycles. The van der Waals surface area contributed by atoms with E-state index in [2.05, 4.69) is 12.0 Å². The highest BCUT2D eigenvalue weighted by atomic mass is 32.2. The number of alkyl halides is 2. The van der Waals surface area contributed by atoms with Gasteiger partial charge in [-0.2, -0.15) is 0 Å². The Morgan fingerprint density at radius 1 is 1.20 bits per heavy atom. The SMILES string of the molecule is C[C@@H]1CN(c2nc(-n3ccc(OCC4(C(C)(F)F)CC4)n3)ccc2C(=O)NS(=O)(=O)c2ccccc2O)C(C)(C)C1. The molecule has 1 atom stereocenters. The van der Waals surface area contributed by atoms with Crippen molar-refractivity contribution < 1.29 is 31.8 Å². The minimum absolute atomic E-state index is 0.0272. The summed E-state index contributed by atoms with van der Waals surface area (Å²) in [5.41, 5.74) is -1.54. The van der Waals surface area contributed by atoms with Gasteiger partial charge in [-0.05, 0) is 63.3 Å². The van der Waals surface area contributed by atoms with Gasteiger partial charge in [0, 0.05) is 31.3 Å². The van der Waals surface area contributed by atoms with Crippen molar-refractivity contribution in [3.8, 4) is 17.4 Å². The Morgan fingerprint density at radius 2 is 1.90 bits per heavy atom. The highest BCUT2D eigenvalue weighted by Crippen LogP contribution is 2.56. The summed E-state index contributed by atoms with van der Waals surface area (Å²) in [5, 5.41) is 14.4. The topological polar surface area (TPSA) is 127 Å². The third-order valence-electron chi connectivity index (χ3n) is 7.90. The lowest BCUT2D eigenvalue weighted by Crippen LogP contribution is -2.41. The zero-order valence-corrected chi connectivity index (χ0v) is 24.1. The van der Waals surface area contributed by atoms with Gasteiger partial charge in [-0.3, -0.25) is 4.79 Å². The van der Waals surface area contributed by atoms with Gasteiger partial charge in [0.2, 0.25) is 5.88 Å². The van der Waals surface area contributed by atoms with E-state index in [1.165, 1.54) is 41.1 Å². The minimum atomic E-state index is -4.38. The van der Waals surface area contributed by atoms with Crippen molar-refractivity contribution in [2.75, 3.05) is 18.1 Å². The first-order chi connectivity index (χ1) is 19.1. The third kappa shape index (κ3) is 5.59. The molecule has 2 aromatic heterocycles. The van der Waals surface area contributed by atoms with E-state index in [9.17, 15) is 27.1 Å². The van der Waals surface area contributed by atoms with Gasteiger partial charge in [0.1, 0.15) is 23.1 Å². The molecule has 0 unspecified atom stereocenters. The molecule has 0 radical (unpaired) electrons. The van der Waals surface area contributed by atoms with Crippen LogP contribution in [0.15, 0.2) is 53.6 Å². The number of amides is 1. The number of rotatable bonds is 9. The van der Waals surface area contributed by atoms with E-state index in [4.69, 9.17) is 9.72 Å². The number of benzene rings is 1. The summed E-state index contributed by atoms with van der Waals surface area (Å²) in [5.74, 6) is -3.20. The first-order valence-corrected chi connectivity index (χ1v) is 14.8. The number of ether oxygens (including phenoxy) is 1. The fraction of sp³-hybridized carbons (Fsp3) is 0.464. The summed E-state index contributed by atoms with van der Waals surface area (Å²) in [6, 6.07) is 9.85. The Labute approximate surface area is 237 Å². The van der Waals surface area contributed by atoms with Crippen LogP contribution in [0.5, 0.6) is 11.6 Å². The molecule has 0 bridgehead atoms. The van der Waals surface area contributed by atoms with Crippen LogP contribution in [0.25, 0.3) is 5.82 Å². The summed E-state index contributed by atoms with van der Waals surface area (Å²) in [6.45, 7) is 7.44. The normalized spacial score (nSPS) is 19.7. The maximum Gasteiger partial charge on any atom is 0.268 e. The maximum atomic E-state index is 13.9. The lowest BCUT2D eigenvalue weighted by molar-refractivity contribution is -0.0712. The van der Waals surface area contributed by atoms with Crippen molar-refractivity contribution in [2.24, 2.45) is 11.3 Å². The predicted octanol–water partition coefficient (Wildman–Crippen LogP) is 4.53. The molecule has 2 fully saturated rings. The molecular weight excluding hydrogens is 556 g/mol. The average Bonchev–Trinajstić information content (AvgIpc) is 3.45. The largest absolute Gasteiger partial charge is 0.507 e. The number of para-hydroxylation sites is 1. The van der Waals surface area contributed by atoms with Crippen molar-refractivity contribution in [3.63, 3.8) is 0 Å². The smallest absolute Gasteiger partial charge is 0.268 e. The van der Waals surface area contributed by atoms with Crippen LogP contribution in [-0.4, -0.2) is 58.8 Å². The van der Waals surface area contributed by atoms with Gasteiger partial charge in [-0.15, -0.1) is 5.10 Å². The summed E-state index contributed by atoms with van der Waals surface area (Å²) in [4.78, 5) is 19.6. The van der Waals surface area contributed by atoms with E-state index in [1.54, 1.807) is 12.3 Å². The molecule has 5 rings (SSSR count). The van der Waals surface area contributed by atoms with Gasteiger partial charge in [-0.25, -0.2) is 31.6 Å². The van der Waals surface area contributed by atoms with E-state index in [-0.39, 0.29) is 35.3 Å². The van der Waals surface area contributed by atoms with Crippen LogP contribution in [-0.2, 0) is 10.0 Å². The Balaban J connectivity index is 1.45. The van der Waals surface area contributed by atoms with Crippen LogP contribution in [0.3, 0.4) is 0 Å². The van der Waals surface area contributed by atoms with E-state index in [0.717, 1.165) is 13.3 Å². The molecular formula is C28H33F2N5O5S. The molecule has 1 aromatic carbocycles. The van der Waals surface area contributed by atoms with E-state index >= 15 is 0 Å². The second kappa shape index (κ2) is 9.97. The van der Waals surface area contributed by atoms with Crippen molar-refractivity contribution in [1.82, 2.24) is 19.5 Å². The highest BCUT2D eigenvalue weighted by molar-refractivity contribution is 7.90. The van der Waals surface area contributed by atoms with Crippen LogP contribution < -0.4 is 14.4 Å². The Morgan fingerprint density at radius 3 is 2.51 bits per heavy atom. The molecule has 10 nitrogen and oxygen atoms in total. The molecule has 1 saturated heterocycles. The highest BCUT2D eigenvalue weighted by Gasteiger charge is 2.59. The van der Waals surface area contributed by atoms with Gasteiger partial charge in [-0.1, -0.05) is 19.1 Å². The van der Waals surface area contributed by atoms with Crippen molar-refractivity contribution in [2.45, 2.75) is 63.3 Å². The number of nitrogens with zero attached hydrogens (tertiary/aromatic N) is 4. The summed E-state index contributed by atoms with van der Waals surface area (Å²) in [7, 11) is -4.38. The molecule has 13 heteroatoms. The van der Waals surface area contributed by atoms with E-state index < -0.39 is 37.9 Å². The zero-order valence-electron chi connectivity index (χ0n) is 23.3. The fourth-order valence-corrected chi connectivity index (χ4v) is 6.47. The number of pyridine rings is 1. The van der Waals surface area contributed by atoms with E-state index in [1.807, 2.05) is 23.5 Å². The quantitative estimate of drug-likeness (QED) is 0.373. The number of carbonyl (C=O) groups is 1. The summed E-state index contributed by atoms with van der Waals surface area (Å²) >= 11 is 0. The number of carbonyl (C=O) groups excluding carboxylic acids is 1. The first kappa shape index (κ1) is 28.8. The first-order valence-electron chi connectivity index (χ1n) is 13.3. The van der Waals surface area contributed by atoms with Crippen LogP contribution >= 0.6 is 0 Å². The Hall–Kier alpha value is -3.74. The number of phenols is 1. The Bertz CT molecular complexity index is 1580. The second-order valence-electron chi connectivity index (χ2n) is 11.7. The number of anilines is 1. The molecule has 220 valence electrons.